The van der Waals surface area contributed by atoms with E-state index < -0.39 is 13.2 Å². The van der Waals surface area contributed by atoms with Gasteiger partial charge in [-0.05, 0) is 18.1 Å². The molecule has 0 aliphatic heterocycles. The fourth-order valence-corrected chi connectivity index (χ4v) is 2.43. The zero-order valence-electron chi connectivity index (χ0n) is 13.5. The van der Waals surface area contributed by atoms with Crippen molar-refractivity contribution in [2.45, 2.75) is 45.4 Å². The van der Waals surface area contributed by atoms with Crippen LogP contribution in [0.4, 0.5) is 5.69 Å². The van der Waals surface area contributed by atoms with Gasteiger partial charge in [0.2, 0.25) is 0 Å². The van der Waals surface area contributed by atoms with Gasteiger partial charge in [0.15, 0.2) is 8.32 Å². The topological polar surface area (TPSA) is 79.4 Å². The number of nitro groups is 1. The second-order valence-corrected chi connectivity index (χ2v) is 11.2. The minimum Gasteiger partial charge on any atom is -0.414 e. The van der Waals surface area contributed by atoms with Crippen LogP contribution < -0.4 is 0 Å². The number of hydrogen-bond donors (Lipinski definition) is 0. The van der Waals surface area contributed by atoms with Crippen LogP contribution in [-0.4, -0.2) is 42.8 Å². The highest BCUT2D eigenvalue weighted by Gasteiger charge is 2.36. The first-order valence-corrected chi connectivity index (χ1v) is 9.93. The van der Waals surface area contributed by atoms with E-state index >= 15 is 0 Å². The van der Waals surface area contributed by atoms with Crippen LogP contribution in [0.15, 0.2) is 12.4 Å². The lowest BCUT2D eigenvalue weighted by molar-refractivity contribution is -0.385. The van der Waals surface area contributed by atoms with E-state index in [0.29, 0.717) is 26.4 Å². The molecule has 0 unspecified atom stereocenters. The van der Waals surface area contributed by atoms with Crippen LogP contribution >= 0.6 is 0 Å². The largest absolute Gasteiger partial charge is 0.414 e. The van der Waals surface area contributed by atoms with Gasteiger partial charge in [0, 0.05) is 0 Å². The second-order valence-electron chi connectivity index (χ2n) is 6.44. The van der Waals surface area contributed by atoms with Crippen molar-refractivity contribution in [3.8, 4) is 0 Å². The highest BCUT2D eigenvalue weighted by Crippen LogP contribution is 2.36. The summed E-state index contributed by atoms with van der Waals surface area (Å²) in [6.07, 6.45) is 2.63. The minimum absolute atomic E-state index is 0.00346. The molecule has 0 fully saturated rings. The van der Waals surface area contributed by atoms with E-state index in [0.717, 1.165) is 0 Å². The van der Waals surface area contributed by atoms with Crippen molar-refractivity contribution in [1.29, 1.82) is 0 Å². The van der Waals surface area contributed by atoms with Gasteiger partial charge in [-0.15, -0.1) is 0 Å². The Labute approximate surface area is 126 Å². The molecule has 0 radical (unpaired) electrons. The average molecular weight is 315 g/mol. The number of ether oxygens (including phenoxy) is 1. The third-order valence-corrected chi connectivity index (χ3v) is 8.33. The molecule has 1 aromatic heterocycles. The minimum atomic E-state index is -1.71. The van der Waals surface area contributed by atoms with Gasteiger partial charge < -0.3 is 9.16 Å². The standard InChI is InChI=1S/C13H25N3O4Si/c1-13(2,3)21(4,5)20-9-8-19-7-6-15-11-12(10-14-15)16(17)18/h10-11H,6-9H2,1-5H3. The van der Waals surface area contributed by atoms with Crippen molar-refractivity contribution in [2.75, 3.05) is 19.8 Å². The van der Waals surface area contributed by atoms with Crippen LogP contribution in [-0.2, 0) is 15.7 Å². The Balaban J connectivity index is 2.19. The molecular weight excluding hydrogens is 290 g/mol. The summed E-state index contributed by atoms with van der Waals surface area (Å²) in [6.45, 7) is 13.1. The van der Waals surface area contributed by atoms with Crippen LogP contribution in [0.5, 0.6) is 0 Å². The van der Waals surface area contributed by atoms with Gasteiger partial charge in [-0.1, -0.05) is 20.8 Å². The summed E-state index contributed by atoms with van der Waals surface area (Å²) < 4.78 is 13.0. The first kappa shape index (κ1) is 17.8. The summed E-state index contributed by atoms with van der Waals surface area (Å²) in [5, 5.41) is 14.6. The van der Waals surface area contributed by atoms with E-state index in [1.54, 1.807) is 0 Å². The van der Waals surface area contributed by atoms with Crippen molar-refractivity contribution in [3.05, 3.63) is 22.5 Å². The Morgan fingerprint density at radius 1 is 1.33 bits per heavy atom. The molecule has 0 bridgehead atoms. The summed E-state index contributed by atoms with van der Waals surface area (Å²) >= 11 is 0. The molecule has 1 rings (SSSR count). The lowest BCUT2D eigenvalue weighted by atomic mass is 10.2. The molecule has 0 atom stereocenters. The molecular formula is C13H25N3O4Si. The van der Waals surface area contributed by atoms with E-state index in [4.69, 9.17) is 9.16 Å². The molecule has 120 valence electrons. The van der Waals surface area contributed by atoms with Crippen molar-refractivity contribution in [1.82, 2.24) is 9.78 Å². The highest BCUT2D eigenvalue weighted by molar-refractivity contribution is 6.74. The van der Waals surface area contributed by atoms with Gasteiger partial charge in [-0.3, -0.25) is 14.8 Å². The highest BCUT2D eigenvalue weighted by atomic mass is 28.4. The Bertz CT molecular complexity index is 468. The van der Waals surface area contributed by atoms with Gasteiger partial charge in [0.1, 0.15) is 12.4 Å². The predicted molar refractivity (Wildman–Crippen MR) is 82.8 cm³/mol. The van der Waals surface area contributed by atoms with Crippen molar-refractivity contribution in [2.24, 2.45) is 0 Å². The molecule has 7 nitrogen and oxygen atoms in total. The second kappa shape index (κ2) is 7.14. The zero-order valence-corrected chi connectivity index (χ0v) is 14.5. The third-order valence-electron chi connectivity index (χ3n) is 3.79. The summed E-state index contributed by atoms with van der Waals surface area (Å²) in [5.74, 6) is 0. The summed E-state index contributed by atoms with van der Waals surface area (Å²) in [7, 11) is -1.71. The molecule has 0 N–H and O–H groups in total. The lowest BCUT2D eigenvalue weighted by Gasteiger charge is -2.36. The van der Waals surface area contributed by atoms with Gasteiger partial charge in [0.25, 0.3) is 0 Å². The van der Waals surface area contributed by atoms with Gasteiger partial charge in [-0.25, -0.2) is 0 Å². The first-order chi connectivity index (χ1) is 9.63. The van der Waals surface area contributed by atoms with Gasteiger partial charge >= 0.3 is 5.69 Å². The third kappa shape index (κ3) is 5.56. The van der Waals surface area contributed by atoms with E-state index in [-0.39, 0.29) is 10.7 Å². The molecule has 0 aliphatic carbocycles. The normalized spacial score (nSPS) is 12.6. The lowest BCUT2D eigenvalue weighted by Crippen LogP contribution is -2.41. The molecule has 8 heteroatoms. The Morgan fingerprint density at radius 2 is 2.00 bits per heavy atom. The quantitative estimate of drug-likeness (QED) is 0.319. The van der Waals surface area contributed by atoms with E-state index in [1.165, 1.54) is 17.1 Å². The molecule has 21 heavy (non-hydrogen) atoms. The fourth-order valence-electron chi connectivity index (χ4n) is 1.40. The number of nitrogens with zero attached hydrogens (tertiary/aromatic N) is 3. The Kier molecular flexibility index (Phi) is 6.06. The Morgan fingerprint density at radius 3 is 2.52 bits per heavy atom. The molecule has 0 saturated heterocycles. The smallest absolute Gasteiger partial charge is 0.306 e. The van der Waals surface area contributed by atoms with Crippen molar-refractivity contribution < 1.29 is 14.1 Å². The Hall–Kier alpha value is -1.25. The molecule has 0 amide bonds. The van der Waals surface area contributed by atoms with Crippen LogP contribution in [0.2, 0.25) is 18.1 Å². The maximum atomic E-state index is 10.5. The van der Waals surface area contributed by atoms with Gasteiger partial charge in [0.05, 0.1) is 31.3 Å². The maximum Gasteiger partial charge on any atom is 0.306 e. The number of rotatable bonds is 8. The molecule has 0 spiro atoms. The monoisotopic (exact) mass is 315 g/mol. The summed E-state index contributed by atoms with van der Waals surface area (Å²) in [5.41, 5.74) is -0.00346. The average Bonchev–Trinajstić information content (AvgIpc) is 2.81. The van der Waals surface area contributed by atoms with Crippen molar-refractivity contribution in [3.63, 3.8) is 0 Å². The van der Waals surface area contributed by atoms with Crippen LogP contribution in [0.3, 0.4) is 0 Å². The molecule has 0 aromatic carbocycles. The predicted octanol–water partition coefficient (Wildman–Crippen LogP) is 2.83. The van der Waals surface area contributed by atoms with E-state index in [9.17, 15) is 10.1 Å². The molecule has 0 aliphatic rings. The van der Waals surface area contributed by atoms with Crippen LogP contribution in [0, 0.1) is 10.1 Å². The van der Waals surface area contributed by atoms with E-state index in [2.05, 4.69) is 39.0 Å². The SMILES string of the molecule is CC(C)(C)[Si](C)(C)OCCOCCn1cc([N+](=O)[O-])cn1. The molecule has 1 heterocycles. The molecule has 1 aromatic rings. The number of hydrogen-bond acceptors (Lipinski definition) is 5. The fraction of sp³-hybridized carbons (Fsp3) is 0.769. The summed E-state index contributed by atoms with van der Waals surface area (Å²) in [4.78, 5) is 10.1. The summed E-state index contributed by atoms with van der Waals surface area (Å²) in [6, 6.07) is 0. The van der Waals surface area contributed by atoms with Crippen LogP contribution in [0.25, 0.3) is 0 Å². The number of aromatic nitrogens is 2. The van der Waals surface area contributed by atoms with Crippen LogP contribution in [0.1, 0.15) is 20.8 Å². The van der Waals surface area contributed by atoms with Gasteiger partial charge in [-0.2, -0.15) is 5.10 Å². The maximum absolute atomic E-state index is 10.5. The van der Waals surface area contributed by atoms with E-state index in [1.807, 2.05) is 0 Å². The molecule has 0 saturated carbocycles. The zero-order chi connectivity index (χ0) is 16.1. The van der Waals surface area contributed by atoms with Crippen molar-refractivity contribution >= 4 is 14.0 Å². The first-order valence-electron chi connectivity index (χ1n) is 7.02.